The molecule has 2 aromatic carbocycles. The quantitative estimate of drug-likeness (QED) is 0.920. The van der Waals surface area contributed by atoms with E-state index in [1.54, 1.807) is 42.5 Å². The predicted molar refractivity (Wildman–Crippen MR) is 81.1 cm³/mol. The summed E-state index contributed by atoms with van der Waals surface area (Å²) >= 11 is 0. The van der Waals surface area contributed by atoms with Gasteiger partial charge in [0.15, 0.2) is 11.5 Å². The van der Waals surface area contributed by atoms with Crippen LogP contribution in [-0.4, -0.2) is 30.3 Å². The van der Waals surface area contributed by atoms with Crippen molar-refractivity contribution in [2.75, 3.05) is 18.2 Å². The fraction of sp³-hybridized carbons (Fsp3) is 0.176. The number of fused-ring (bicyclic) bond motifs is 2. The number of carboxylic acid groups (broad SMARTS) is 1. The van der Waals surface area contributed by atoms with Gasteiger partial charge in [0.2, 0.25) is 6.79 Å². The van der Waals surface area contributed by atoms with Gasteiger partial charge in [0.05, 0.1) is 0 Å². The molecule has 1 amide bonds. The van der Waals surface area contributed by atoms with Crippen LogP contribution in [0.2, 0.25) is 0 Å². The molecule has 0 saturated carbocycles. The molecule has 4 rings (SSSR count). The van der Waals surface area contributed by atoms with Crippen molar-refractivity contribution >= 4 is 17.6 Å². The monoisotopic (exact) mass is 311 g/mol. The molecule has 0 fully saturated rings. The summed E-state index contributed by atoms with van der Waals surface area (Å²) < 4.78 is 10.5. The zero-order valence-corrected chi connectivity index (χ0v) is 12.1. The van der Waals surface area contributed by atoms with Gasteiger partial charge in [-0.1, -0.05) is 18.2 Å². The molecule has 116 valence electrons. The summed E-state index contributed by atoms with van der Waals surface area (Å²) in [6.07, 6.45) is 0. The third-order valence-electron chi connectivity index (χ3n) is 4.13. The van der Waals surface area contributed by atoms with Gasteiger partial charge in [-0.2, -0.15) is 0 Å². The number of carbonyl (C=O) groups is 2. The van der Waals surface area contributed by atoms with Gasteiger partial charge in [-0.05, 0) is 29.8 Å². The van der Waals surface area contributed by atoms with Crippen molar-refractivity contribution in [3.63, 3.8) is 0 Å². The molecule has 0 radical (unpaired) electrons. The third kappa shape index (κ3) is 2.11. The number of nitrogens with zero attached hydrogens (tertiary/aromatic N) is 1. The van der Waals surface area contributed by atoms with Crippen LogP contribution >= 0.6 is 0 Å². The number of carboxylic acids is 1. The molecule has 2 aromatic rings. The first-order valence-electron chi connectivity index (χ1n) is 7.18. The molecular weight excluding hydrogens is 298 g/mol. The van der Waals surface area contributed by atoms with E-state index in [1.165, 1.54) is 4.90 Å². The number of aliphatic carboxylic acids is 1. The van der Waals surface area contributed by atoms with E-state index in [4.69, 9.17) is 9.47 Å². The minimum Gasteiger partial charge on any atom is -0.481 e. The van der Waals surface area contributed by atoms with E-state index in [9.17, 15) is 14.7 Å². The molecule has 1 N–H and O–H groups in total. The average molecular weight is 311 g/mol. The molecule has 2 aliphatic heterocycles. The summed E-state index contributed by atoms with van der Waals surface area (Å²) in [4.78, 5) is 25.8. The number of carbonyl (C=O) groups excluding carboxylic acids is 1. The Hall–Kier alpha value is -3.02. The van der Waals surface area contributed by atoms with Crippen molar-refractivity contribution in [1.82, 2.24) is 0 Å². The molecule has 6 heteroatoms. The summed E-state index contributed by atoms with van der Waals surface area (Å²) in [5.74, 6) is -0.757. The Morgan fingerprint density at radius 2 is 1.87 bits per heavy atom. The maximum Gasteiger partial charge on any atom is 0.312 e. The Kier molecular flexibility index (Phi) is 2.97. The summed E-state index contributed by atoms with van der Waals surface area (Å²) in [6, 6.07) is 12.1. The molecule has 0 unspecified atom stereocenters. The van der Waals surface area contributed by atoms with Crippen molar-refractivity contribution in [2.24, 2.45) is 0 Å². The minimum atomic E-state index is -0.932. The van der Waals surface area contributed by atoms with Crippen LogP contribution in [0.15, 0.2) is 42.5 Å². The van der Waals surface area contributed by atoms with Crippen molar-refractivity contribution in [3.8, 4) is 11.5 Å². The Balaban J connectivity index is 1.71. The first-order chi connectivity index (χ1) is 11.1. The number of amides is 1. The van der Waals surface area contributed by atoms with E-state index < -0.39 is 11.9 Å². The fourth-order valence-electron chi connectivity index (χ4n) is 3.00. The van der Waals surface area contributed by atoms with Crippen LogP contribution in [0.25, 0.3) is 0 Å². The summed E-state index contributed by atoms with van der Waals surface area (Å²) in [5.41, 5.74) is 1.74. The van der Waals surface area contributed by atoms with Gasteiger partial charge in [-0.15, -0.1) is 0 Å². The fourth-order valence-corrected chi connectivity index (χ4v) is 3.00. The standard InChI is InChI=1S/C17H13NO5/c19-16(10-5-6-14-15(7-10)23-9-22-14)18-8-12(17(20)21)11-3-1-2-4-13(11)18/h1-7,12H,8-9H2,(H,20,21)/t12-/m0/s1. The largest absolute Gasteiger partial charge is 0.481 e. The Bertz CT molecular complexity index is 816. The number of para-hydroxylation sites is 1. The number of rotatable bonds is 2. The van der Waals surface area contributed by atoms with Crippen molar-refractivity contribution in [2.45, 2.75) is 5.92 Å². The molecule has 0 aliphatic carbocycles. The predicted octanol–water partition coefficient (Wildman–Crippen LogP) is 2.24. The molecule has 23 heavy (non-hydrogen) atoms. The number of hydrogen-bond acceptors (Lipinski definition) is 4. The van der Waals surface area contributed by atoms with Crippen LogP contribution < -0.4 is 14.4 Å². The highest BCUT2D eigenvalue weighted by Crippen LogP contribution is 2.38. The number of ether oxygens (including phenoxy) is 2. The zero-order chi connectivity index (χ0) is 16.0. The highest BCUT2D eigenvalue weighted by molar-refractivity contribution is 6.09. The van der Waals surface area contributed by atoms with E-state index in [2.05, 4.69) is 0 Å². The van der Waals surface area contributed by atoms with E-state index in [0.717, 1.165) is 0 Å². The highest BCUT2D eigenvalue weighted by atomic mass is 16.7. The normalized spacial score (nSPS) is 17.9. The van der Waals surface area contributed by atoms with E-state index in [1.807, 2.05) is 0 Å². The second-order valence-electron chi connectivity index (χ2n) is 5.43. The molecule has 1 atom stereocenters. The van der Waals surface area contributed by atoms with Gasteiger partial charge in [-0.3, -0.25) is 9.59 Å². The van der Waals surface area contributed by atoms with Gasteiger partial charge in [-0.25, -0.2) is 0 Å². The first-order valence-corrected chi connectivity index (χ1v) is 7.18. The lowest BCUT2D eigenvalue weighted by molar-refractivity contribution is -0.138. The van der Waals surface area contributed by atoms with E-state index >= 15 is 0 Å². The average Bonchev–Trinajstić information content (AvgIpc) is 3.18. The smallest absolute Gasteiger partial charge is 0.312 e. The van der Waals surface area contributed by atoms with E-state index in [-0.39, 0.29) is 19.2 Å². The van der Waals surface area contributed by atoms with Crippen LogP contribution in [0, 0.1) is 0 Å². The van der Waals surface area contributed by atoms with Crippen LogP contribution in [0.4, 0.5) is 5.69 Å². The second-order valence-corrected chi connectivity index (χ2v) is 5.43. The lowest BCUT2D eigenvalue weighted by Crippen LogP contribution is -2.31. The van der Waals surface area contributed by atoms with Crippen molar-refractivity contribution in [1.29, 1.82) is 0 Å². The maximum absolute atomic E-state index is 12.8. The molecule has 2 aliphatic rings. The van der Waals surface area contributed by atoms with Crippen LogP contribution in [-0.2, 0) is 4.79 Å². The summed E-state index contributed by atoms with van der Waals surface area (Å²) in [5, 5.41) is 9.38. The van der Waals surface area contributed by atoms with E-state index in [0.29, 0.717) is 28.3 Å². The Morgan fingerprint density at radius 1 is 1.09 bits per heavy atom. The molecule has 0 bridgehead atoms. The first kappa shape index (κ1) is 13.6. The van der Waals surface area contributed by atoms with Crippen LogP contribution in [0.1, 0.15) is 21.8 Å². The van der Waals surface area contributed by atoms with Gasteiger partial charge in [0, 0.05) is 17.8 Å². The summed E-state index contributed by atoms with van der Waals surface area (Å²) in [7, 11) is 0. The van der Waals surface area contributed by atoms with Crippen molar-refractivity contribution < 1.29 is 24.2 Å². The Morgan fingerprint density at radius 3 is 2.70 bits per heavy atom. The number of hydrogen-bond donors (Lipinski definition) is 1. The minimum absolute atomic E-state index is 0.127. The maximum atomic E-state index is 12.8. The molecule has 0 aromatic heterocycles. The molecular formula is C17H13NO5. The zero-order valence-electron chi connectivity index (χ0n) is 12.1. The third-order valence-corrected chi connectivity index (χ3v) is 4.13. The van der Waals surface area contributed by atoms with Crippen LogP contribution in [0.3, 0.4) is 0 Å². The van der Waals surface area contributed by atoms with Crippen molar-refractivity contribution in [3.05, 3.63) is 53.6 Å². The molecule has 6 nitrogen and oxygen atoms in total. The molecule has 0 spiro atoms. The lowest BCUT2D eigenvalue weighted by atomic mass is 10.0. The highest BCUT2D eigenvalue weighted by Gasteiger charge is 2.36. The van der Waals surface area contributed by atoms with Crippen LogP contribution in [0.5, 0.6) is 11.5 Å². The SMILES string of the molecule is O=C(O)[C@H]1CN(C(=O)c2ccc3c(c2)OCO3)c2ccccc21. The number of benzene rings is 2. The second kappa shape index (κ2) is 5.01. The topological polar surface area (TPSA) is 76.1 Å². The van der Waals surface area contributed by atoms with Gasteiger partial charge >= 0.3 is 5.97 Å². The summed E-state index contributed by atoms with van der Waals surface area (Å²) in [6.45, 7) is 0.266. The van der Waals surface area contributed by atoms with Gasteiger partial charge < -0.3 is 19.5 Å². The number of anilines is 1. The molecule has 0 saturated heterocycles. The lowest BCUT2D eigenvalue weighted by Gasteiger charge is -2.17. The van der Waals surface area contributed by atoms with Gasteiger partial charge in [0.1, 0.15) is 5.92 Å². The molecule has 2 heterocycles. The van der Waals surface area contributed by atoms with Gasteiger partial charge in [0.25, 0.3) is 5.91 Å². The Labute approximate surface area is 131 Å².